The quantitative estimate of drug-likeness (QED) is 0.410. The van der Waals surface area contributed by atoms with Gasteiger partial charge in [0.15, 0.2) is 12.4 Å². The highest BCUT2D eigenvalue weighted by Gasteiger charge is 2.47. The van der Waals surface area contributed by atoms with Crippen LogP contribution in [-0.4, -0.2) is 89.6 Å². The van der Waals surface area contributed by atoms with Gasteiger partial charge in [-0.3, -0.25) is 19.8 Å². The molecule has 4 atom stereocenters. The first-order valence-electron chi connectivity index (χ1n) is 13.3. The summed E-state index contributed by atoms with van der Waals surface area (Å²) in [5.41, 5.74) is 1.24. The van der Waals surface area contributed by atoms with Crippen molar-refractivity contribution in [1.29, 1.82) is 0 Å². The number of ether oxygens (including phenoxy) is 4. The summed E-state index contributed by atoms with van der Waals surface area (Å²) in [6.07, 6.45) is 4.45. The maximum absolute atomic E-state index is 12.6. The van der Waals surface area contributed by atoms with Crippen LogP contribution in [0.25, 0.3) is 0 Å². The number of aliphatic imine (C=N–C) groups is 1. The maximum Gasteiger partial charge on any atom is 0.410 e. The molecular formula is C27H35N5O7. The molecule has 39 heavy (non-hydrogen) atoms. The summed E-state index contributed by atoms with van der Waals surface area (Å²) in [6, 6.07) is 5.15. The molecule has 0 spiro atoms. The number of phenolic OH excluding ortho intramolecular Hbond substituents is 1. The first-order valence-corrected chi connectivity index (χ1v) is 13.3. The van der Waals surface area contributed by atoms with E-state index in [0.29, 0.717) is 36.8 Å². The van der Waals surface area contributed by atoms with Crippen LogP contribution in [0.3, 0.4) is 0 Å². The fourth-order valence-corrected chi connectivity index (χ4v) is 5.28. The van der Waals surface area contributed by atoms with Gasteiger partial charge in [0.25, 0.3) is 5.91 Å². The van der Waals surface area contributed by atoms with Crippen molar-refractivity contribution in [2.75, 3.05) is 32.2 Å². The molecule has 1 saturated carbocycles. The highest BCUT2D eigenvalue weighted by Crippen LogP contribution is 2.38. The second-order valence-corrected chi connectivity index (χ2v) is 10.5. The van der Waals surface area contributed by atoms with Crippen LogP contribution in [0, 0.1) is 0 Å². The molecular weight excluding hydrogens is 506 g/mol. The third-order valence-electron chi connectivity index (χ3n) is 7.31. The molecule has 0 radical (unpaired) electrons. The molecule has 2 amide bonds. The van der Waals surface area contributed by atoms with Gasteiger partial charge in [0.1, 0.15) is 23.4 Å². The molecule has 1 aromatic heterocycles. The van der Waals surface area contributed by atoms with Crippen molar-refractivity contribution >= 4 is 24.0 Å². The number of fused-ring (bicyclic) bond motifs is 2. The first kappa shape index (κ1) is 26.8. The second-order valence-electron chi connectivity index (χ2n) is 10.5. The number of carbonyl (C=O) groups is 2. The predicted molar refractivity (Wildman–Crippen MR) is 142 cm³/mol. The summed E-state index contributed by atoms with van der Waals surface area (Å²) in [4.78, 5) is 31.3. The Morgan fingerprint density at radius 2 is 2.05 bits per heavy atom. The lowest BCUT2D eigenvalue weighted by Gasteiger charge is -2.51. The molecule has 2 aliphatic heterocycles. The van der Waals surface area contributed by atoms with E-state index in [1.165, 1.54) is 19.4 Å². The molecule has 2 bridgehead atoms. The summed E-state index contributed by atoms with van der Waals surface area (Å²) in [6.45, 7) is 4.69. The predicted octanol–water partition coefficient (Wildman–Crippen LogP) is 3.21. The molecule has 3 fully saturated rings. The van der Waals surface area contributed by atoms with E-state index < -0.39 is 5.91 Å². The lowest BCUT2D eigenvalue weighted by Crippen LogP contribution is -2.65. The number of aromatic amines is 1. The molecule has 3 N–H and O–H groups in total. The number of aromatic hydroxyl groups is 1. The van der Waals surface area contributed by atoms with Crippen LogP contribution in [0.2, 0.25) is 0 Å². The Balaban J connectivity index is 1.13. The molecule has 210 valence electrons. The van der Waals surface area contributed by atoms with Gasteiger partial charge in [-0.15, -0.1) is 0 Å². The summed E-state index contributed by atoms with van der Waals surface area (Å²) >= 11 is 0. The average Bonchev–Trinajstić information content (AvgIpc) is 3.56. The van der Waals surface area contributed by atoms with Gasteiger partial charge in [-0.1, -0.05) is 0 Å². The zero-order valence-electron chi connectivity index (χ0n) is 22.4. The van der Waals surface area contributed by atoms with Gasteiger partial charge in [0, 0.05) is 42.1 Å². The Morgan fingerprint density at radius 1 is 1.26 bits per heavy atom. The average molecular weight is 542 g/mol. The third-order valence-corrected chi connectivity index (χ3v) is 7.31. The maximum atomic E-state index is 12.6. The lowest BCUT2D eigenvalue weighted by atomic mass is 9.92. The van der Waals surface area contributed by atoms with Crippen molar-refractivity contribution in [3.05, 3.63) is 29.5 Å². The van der Waals surface area contributed by atoms with E-state index in [0.717, 1.165) is 25.0 Å². The van der Waals surface area contributed by atoms with E-state index in [2.05, 4.69) is 20.5 Å². The van der Waals surface area contributed by atoms with E-state index in [1.54, 1.807) is 12.1 Å². The molecule has 3 heterocycles. The van der Waals surface area contributed by atoms with E-state index in [9.17, 15) is 14.7 Å². The number of phenols is 1. The lowest BCUT2D eigenvalue weighted by molar-refractivity contribution is -0.118. The largest absolute Gasteiger partial charge is 0.507 e. The first-order chi connectivity index (χ1) is 18.8. The van der Waals surface area contributed by atoms with Crippen molar-refractivity contribution < 1.29 is 33.6 Å². The molecule has 5 rings (SSSR count). The molecule has 2 saturated heterocycles. The number of hydrogen-bond donors (Lipinski definition) is 3. The minimum absolute atomic E-state index is 0.0222. The molecule has 12 nitrogen and oxygen atoms in total. The fraction of sp³-hybridized carbons (Fsp3) is 0.556. The number of nitrogens with zero attached hydrogens (tertiary/aromatic N) is 3. The van der Waals surface area contributed by atoms with Crippen molar-refractivity contribution in [3.8, 4) is 17.2 Å². The number of amides is 2. The van der Waals surface area contributed by atoms with Crippen molar-refractivity contribution in [3.63, 3.8) is 0 Å². The Morgan fingerprint density at radius 3 is 2.77 bits per heavy atom. The summed E-state index contributed by atoms with van der Waals surface area (Å²) in [7, 11) is 1.48. The van der Waals surface area contributed by atoms with E-state index >= 15 is 0 Å². The van der Waals surface area contributed by atoms with Crippen LogP contribution in [-0.2, 0) is 14.3 Å². The smallest absolute Gasteiger partial charge is 0.410 e. The highest BCUT2D eigenvalue weighted by molar-refractivity contribution is 5.92. The number of aromatic nitrogens is 2. The number of nitrogens with one attached hydrogen (secondary N) is 2. The zero-order valence-corrected chi connectivity index (χ0v) is 22.4. The molecule has 3 unspecified atom stereocenters. The summed E-state index contributed by atoms with van der Waals surface area (Å²) in [5, 5.41) is 20.3. The van der Waals surface area contributed by atoms with Gasteiger partial charge < -0.3 is 29.4 Å². The van der Waals surface area contributed by atoms with Crippen LogP contribution in [0.1, 0.15) is 56.7 Å². The Labute approximate surface area is 226 Å². The van der Waals surface area contributed by atoms with Crippen molar-refractivity contribution in [2.24, 2.45) is 4.99 Å². The van der Waals surface area contributed by atoms with Gasteiger partial charge in [0.2, 0.25) is 0 Å². The number of hydrogen-bond acceptors (Lipinski definition) is 9. The van der Waals surface area contributed by atoms with E-state index in [-0.39, 0.29) is 54.3 Å². The highest BCUT2D eigenvalue weighted by atomic mass is 16.6. The van der Waals surface area contributed by atoms with Crippen LogP contribution in [0.5, 0.6) is 17.2 Å². The van der Waals surface area contributed by atoms with Crippen LogP contribution >= 0.6 is 0 Å². The van der Waals surface area contributed by atoms with Gasteiger partial charge >= 0.3 is 6.09 Å². The molecule has 2 aromatic rings. The number of anilines is 1. The number of methoxy groups -OCH3 is 1. The van der Waals surface area contributed by atoms with E-state index in [4.69, 9.17) is 18.9 Å². The van der Waals surface area contributed by atoms with Crippen LogP contribution < -0.4 is 14.8 Å². The van der Waals surface area contributed by atoms with Crippen LogP contribution in [0.15, 0.2) is 23.2 Å². The second kappa shape index (κ2) is 11.5. The van der Waals surface area contributed by atoms with Crippen LogP contribution in [0.4, 0.5) is 10.6 Å². The Bertz CT molecular complexity index is 1220. The van der Waals surface area contributed by atoms with Crippen molar-refractivity contribution in [2.45, 2.75) is 69.7 Å². The normalized spacial score (nSPS) is 24.1. The number of rotatable bonds is 9. The topological polar surface area (TPSA) is 148 Å². The minimum Gasteiger partial charge on any atom is -0.507 e. The number of carbonyl (C=O) groups excluding carboxylic acids is 2. The van der Waals surface area contributed by atoms with Gasteiger partial charge in [-0.2, -0.15) is 5.10 Å². The fourth-order valence-electron chi connectivity index (χ4n) is 5.28. The van der Waals surface area contributed by atoms with Crippen molar-refractivity contribution in [1.82, 2.24) is 15.1 Å². The zero-order chi connectivity index (χ0) is 27.5. The number of H-pyrrole nitrogens is 1. The molecule has 1 aromatic carbocycles. The van der Waals surface area contributed by atoms with Gasteiger partial charge in [0.05, 0.1) is 38.0 Å². The molecule has 3 aliphatic rings. The molecule has 12 heteroatoms. The standard InChI is InChI=1S/C27H35N5O7/c1-15(2)28-11-21-23(33)8-20(36-3)9-24(21)38-14-26(34)29-25-10-22(30-31-25)16-4-5-19(6-16)39-27(35)32-17-7-18(32)13-37-12-17/h8-11,15-19,33H,4-7,12-14H2,1-3H3,(H2,29,30,31,34)/t16?,17?,18?,19-/m1/s1. The number of benzene rings is 1. The Kier molecular flexibility index (Phi) is 7.92. The SMILES string of the molecule is COc1cc(O)c(C=NC(C)C)c(OCC(=O)Nc2cc(C3CC[C@@H](OC(=O)N4C5COCC4C5)C3)[nH]n2)c1. The van der Waals surface area contributed by atoms with Gasteiger partial charge in [-0.05, 0) is 39.5 Å². The summed E-state index contributed by atoms with van der Waals surface area (Å²) < 4.78 is 22.1. The summed E-state index contributed by atoms with van der Waals surface area (Å²) in [5.74, 6) is 0.721. The monoisotopic (exact) mass is 541 g/mol. The minimum atomic E-state index is -0.413. The van der Waals surface area contributed by atoms with E-state index in [1.807, 2.05) is 18.7 Å². The Hall–Kier alpha value is -3.80. The third kappa shape index (κ3) is 6.11. The number of morpholine rings is 1. The molecule has 1 aliphatic carbocycles. The van der Waals surface area contributed by atoms with Gasteiger partial charge in [-0.25, -0.2) is 4.79 Å².